The summed E-state index contributed by atoms with van der Waals surface area (Å²) >= 11 is 0. The Morgan fingerprint density at radius 3 is 1.74 bits per heavy atom. The Labute approximate surface area is 313 Å². The third-order valence-corrected chi connectivity index (χ3v) is 9.63. The summed E-state index contributed by atoms with van der Waals surface area (Å²) in [4.78, 5) is 67.8. The van der Waals surface area contributed by atoms with Gasteiger partial charge in [0.25, 0.3) is 0 Å². The maximum absolute atomic E-state index is 13.0. The molecule has 1 aliphatic carbocycles. The molecule has 0 atom stereocenters. The first kappa shape index (κ1) is 37.6. The number of methoxy groups -OCH3 is 2. The van der Waals surface area contributed by atoms with Crippen molar-refractivity contribution >= 4 is 34.8 Å². The summed E-state index contributed by atoms with van der Waals surface area (Å²) in [6.07, 6.45) is 5.15. The Bertz CT molecular complexity index is 2120. The Hall–Kier alpha value is -6.18. The normalized spacial score (nSPS) is 12.9. The molecular weight excluding hydrogens is 688 g/mol. The average Bonchev–Trinajstić information content (AvgIpc) is 3.50. The van der Waals surface area contributed by atoms with Crippen molar-refractivity contribution in [1.29, 1.82) is 0 Å². The number of fused-ring (bicyclic) bond motifs is 1. The molecule has 4 N–H and O–H groups in total. The van der Waals surface area contributed by atoms with Crippen LogP contribution >= 0.6 is 0 Å². The number of nitrogens with zero attached hydrogens (tertiary/aromatic N) is 4. The number of hydrogen-bond donors (Lipinski definition) is 4. The van der Waals surface area contributed by atoms with E-state index in [0.29, 0.717) is 37.8 Å². The number of aromatic nitrogens is 4. The van der Waals surface area contributed by atoms with Crippen LogP contribution in [0.1, 0.15) is 44.8 Å². The Kier molecular flexibility index (Phi) is 11.6. The van der Waals surface area contributed by atoms with Gasteiger partial charge in [-0.25, -0.2) is 19.6 Å². The lowest BCUT2D eigenvalue weighted by Gasteiger charge is -2.25. The fourth-order valence-electron chi connectivity index (χ4n) is 6.27. The highest BCUT2D eigenvalue weighted by Gasteiger charge is 2.40. The van der Waals surface area contributed by atoms with Crippen LogP contribution < -0.4 is 10.6 Å². The molecule has 2 aromatic heterocycles. The van der Waals surface area contributed by atoms with Crippen molar-refractivity contribution in [2.75, 3.05) is 40.4 Å². The van der Waals surface area contributed by atoms with E-state index < -0.39 is 12.2 Å². The van der Waals surface area contributed by atoms with Crippen molar-refractivity contribution in [1.82, 2.24) is 40.4 Å². The SMILES string of the molecule is CCCN(Cc1ncc(-c2ccc3cc(-c4ccc(-c5cnc(CN(CC6(C)CC6)C(=O)CNC(=O)OC)[nH]5)cc4)ccc3c2)[nH]1)C(=O)CNC(=O)OC. The molecule has 6 rings (SSSR count). The molecule has 0 aliphatic heterocycles. The molecule has 0 radical (unpaired) electrons. The van der Waals surface area contributed by atoms with E-state index in [1.165, 1.54) is 14.2 Å². The van der Waals surface area contributed by atoms with E-state index in [2.05, 4.69) is 102 Å². The molecule has 0 unspecified atom stereocenters. The van der Waals surface area contributed by atoms with E-state index in [1.807, 2.05) is 13.0 Å². The Morgan fingerprint density at radius 2 is 1.19 bits per heavy atom. The van der Waals surface area contributed by atoms with Crippen LogP contribution in [0.4, 0.5) is 9.59 Å². The minimum Gasteiger partial charge on any atom is -0.453 e. The van der Waals surface area contributed by atoms with Gasteiger partial charge < -0.3 is 39.9 Å². The van der Waals surface area contributed by atoms with Gasteiger partial charge >= 0.3 is 12.2 Å². The molecule has 0 spiro atoms. The molecule has 1 fully saturated rings. The van der Waals surface area contributed by atoms with Gasteiger partial charge in [-0.3, -0.25) is 9.59 Å². The fourth-order valence-corrected chi connectivity index (χ4v) is 6.27. The van der Waals surface area contributed by atoms with Crippen LogP contribution in [-0.2, 0) is 32.2 Å². The van der Waals surface area contributed by atoms with Crippen LogP contribution in [0.15, 0.2) is 73.1 Å². The molecule has 1 saturated carbocycles. The van der Waals surface area contributed by atoms with Crippen molar-refractivity contribution in [2.45, 2.75) is 46.2 Å². The smallest absolute Gasteiger partial charge is 0.407 e. The van der Waals surface area contributed by atoms with Crippen molar-refractivity contribution in [3.63, 3.8) is 0 Å². The van der Waals surface area contributed by atoms with Gasteiger partial charge in [0.2, 0.25) is 11.8 Å². The number of H-pyrrole nitrogens is 2. The number of ether oxygens (including phenoxy) is 2. The maximum atomic E-state index is 13.0. The van der Waals surface area contributed by atoms with E-state index in [-0.39, 0.29) is 30.3 Å². The quantitative estimate of drug-likeness (QED) is 0.103. The molecule has 14 heteroatoms. The Balaban J connectivity index is 1.10. The topological polar surface area (TPSA) is 175 Å². The number of imidazole rings is 2. The number of benzene rings is 3. The van der Waals surface area contributed by atoms with Crippen LogP contribution in [0.2, 0.25) is 0 Å². The van der Waals surface area contributed by atoms with Crippen LogP contribution in [0, 0.1) is 5.41 Å². The van der Waals surface area contributed by atoms with Gasteiger partial charge in [-0.1, -0.05) is 62.4 Å². The zero-order valence-corrected chi connectivity index (χ0v) is 31.0. The molecule has 282 valence electrons. The molecule has 2 heterocycles. The lowest BCUT2D eigenvalue weighted by Crippen LogP contribution is -2.42. The molecule has 4 amide bonds. The molecule has 54 heavy (non-hydrogen) atoms. The predicted octanol–water partition coefficient (Wildman–Crippen LogP) is 5.87. The number of nitrogens with one attached hydrogen (secondary N) is 4. The lowest BCUT2D eigenvalue weighted by molar-refractivity contribution is -0.132. The van der Waals surface area contributed by atoms with E-state index in [0.717, 1.165) is 63.7 Å². The summed E-state index contributed by atoms with van der Waals surface area (Å²) in [5.41, 5.74) is 5.89. The minimum absolute atomic E-state index is 0.0928. The predicted molar refractivity (Wildman–Crippen MR) is 204 cm³/mol. The van der Waals surface area contributed by atoms with Gasteiger partial charge in [0.1, 0.15) is 24.7 Å². The van der Waals surface area contributed by atoms with Crippen LogP contribution in [0.3, 0.4) is 0 Å². The fraction of sp³-hybridized carbons (Fsp3) is 0.350. The molecule has 0 bridgehead atoms. The second-order valence-corrected chi connectivity index (χ2v) is 13.9. The minimum atomic E-state index is -0.649. The van der Waals surface area contributed by atoms with Gasteiger partial charge in [0.05, 0.1) is 51.1 Å². The molecule has 1 aliphatic rings. The van der Waals surface area contributed by atoms with Gasteiger partial charge in [-0.05, 0) is 64.3 Å². The highest BCUT2D eigenvalue weighted by atomic mass is 16.5. The summed E-state index contributed by atoms with van der Waals surface area (Å²) in [5.74, 6) is 0.916. The molecule has 14 nitrogen and oxygen atoms in total. The largest absolute Gasteiger partial charge is 0.453 e. The van der Waals surface area contributed by atoms with Crippen LogP contribution in [0.25, 0.3) is 44.4 Å². The lowest BCUT2D eigenvalue weighted by atomic mass is 9.98. The van der Waals surface area contributed by atoms with Gasteiger partial charge in [0.15, 0.2) is 0 Å². The van der Waals surface area contributed by atoms with Gasteiger partial charge in [-0.15, -0.1) is 0 Å². The van der Waals surface area contributed by atoms with Crippen LogP contribution in [0.5, 0.6) is 0 Å². The first-order chi connectivity index (χ1) is 26.1. The van der Waals surface area contributed by atoms with Crippen molar-refractivity contribution in [2.24, 2.45) is 5.41 Å². The molecule has 5 aromatic rings. The zero-order chi connectivity index (χ0) is 38.2. The summed E-state index contributed by atoms with van der Waals surface area (Å²) in [6.45, 7) is 5.60. The summed E-state index contributed by atoms with van der Waals surface area (Å²) in [7, 11) is 2.53. The second kappa shape index (κ2) is 16.7. The number of rotatable bonds is 15. The Morgan fingerprint density at radius 1 is 0.704 bits per heavy atom. The van der Waals surface area contributed by atoms with E-state index >= 15 is 0 Å². The number of carbonyl (C=O) groups is 4. The van der Waals surface area contributed by atoms with E-state index in [9.17, 15) is 19.2 Å². The van der Waals surface area contributed by atoms with E-state index in [1.54, 1.807) is 22.2 Å². The van der Waals surface area contributed by atoms with Gasteiger partial charge in [0, 0.05) is 18.7 Å². The number of hydrogen-bond acceptors (Lipinski definition) is 8. The number of amides is 4. The van der Waals surface area contributed by atoms with E-state index in [4.69, 9.17) is 0 Å². The molecule has 0 saturated heterocycles. The summed E-state index contributed by atoms with van der Waals surface area (Å²) in [6, 6.07) is 20.9. The van der Waals surface area contributed by atoms with Crippen LogP contribution in [-0.4, -0.2) is 94.1 Å². The molecular formula is C40H46N8O6. The van der Waals surface area contributed by atoms with Crippen molar-refractivity contribution in [3.8, 4) is 33.6 Å². The zero-order valence-electron chi connectivity index (χ0n) is 31.0. The van der Waals surface area contributed by atoms with Crippen molar-refractivity contribution in [3.05, 3.63) is 84.7 Å². The number of carbonyl (C=O) groups excluding carboxylic acids is 4. The third kappa shape index (κ3) is 9.43. The highest BCUT2D eigenvalue weighted by molar-refractivity contribution is 5.90. The molecule has 3 aromatic carbocycles. The highest BCUT2D eigenvalue weighted by Crippen LogP contribution is 2.45. The number of aromatic amines is 2. The average molecular weight is 735 g/mol. The first-order valence-electron chi connectivity index (χ1n) is 18.0. The first-order valence-corrected chi connectivity index (χ1v) is 18.0. The van der Waals surface area contributed by atoms with Gasteiger partial charge in [-0.2, -0.15) is 0 Å². The summed E-state index contributed by atoms with van der Waals surface area (Å²) < 4.78 is 9.18. The third-order valence-electron chi connectivity index (χ3n) is 9.63. The van der Waals surface area contributed by atoms with Crippen molar-refractivity contribution < 1.29 is 28.7 Å². The standard InChI is InChI=1S/C40H46N8O6/c1-5-16-47(36(49)21-43-38(51)53-3)23-34-42-20-33(46-34)31-13-12-29-17-28(10-11-30(29)18-31)26-6-8-27(9-7-26)32-19-41-35(45-32)24-48(25-40(2)14-15-40)37(50)22-44-39(52)54-4/h6-13,17-20H,5,14-16,21-25H2,1-4H3,(H,41,45)(H,42,46)(H,43,51)(H,44,52). The monoisotopic (exact) mass is 734 g/mol. The maximum Gasteiger partial charge on any atom is 0.407 e. The number of alkyl carbamates (subject to hydrolysis) is 2. The second-order valence-electron chi connectivity index (χ2n) is 13.9. The summed E-state index contributed by atoms with van der Waals surface area (Å²) in [5, 5.41) is 7.10.